The first kappa shape index (κ1) is 15.4. The van der Waals surface area contributed by atoms with Gasteiger partial charge in [-0.15, -0.1) is 0 Å². The van der Waals surface area contributed by atoms with Crippen LogP contribution in [-0.4, -0.2) is 16.5 Å². The molecule has 1 heterocycles. The molecule has 0 radical (unpaired) electrons. The number of anilines is 1. The largest absolute Gasteiger partial charge is 0.370 e. The molecule has 0 amide bonds. The van der Waals surface area contributed by atoms with Gasteiger partial charge in [-0.2, -0.15) is 0 Å². The molecule has 0 saturated heterocycles. The van der Waals surface area contributed by atoms with Gasteiger partial charge in [-0.05, 0) is 44.9 Å². The highest BCUT2D eigenvalue weighted by Crippen LogP contribution is 2.31. The lowest BCUT2D eigenvalue weighted by atomic mass is 9.99. The van der Waals surface area contributed by atoms with E-state index in [1.807, 2.05) is 40.7 Å². The van der Waals surface area contributed by atoms with Gasteiger partial charge in [0, 0.05) is 24.1 Å². The molecule has 0 unspecified atom stereocenters. The van der Waals surface area contributed by atoms with E-state index >= 15 is 0 Å². The van der Waals surface area contributed by atoms with Crippen LogP contribution in [0.25, 0.3) is 11.3 Å². The Kier molecular flexibility index (Phi) is 4.56. The number of halogens is 1. The van der Waals surface area contributed by atoms with Gasteiger partial charge < -0.3 is 5.32 Å². The van der Waals surface area contributed by atoms with Gasteiger partial charge in [0.05, 0.1) is 5.69 Å². The molecule has 0 spiro atoms. The topological polar surface area (TPSA) is 37.8 Å². The van der Waals surface area contributed by atoms with Gasteiger partial charge in [0.2, 0.25) is 0 Å². The maximum absolute atomic E-state index is 14.4. The molecule has 21 heavy (non-hydrogen) atoms. The molecule has 2 rings (SSSR count). The van der Waals surface area contributed by atoms with E-state index in [0.29, 0.717) is 11.3 Å². The number of nitrogens with zero attached hydrogens (tertiary/aromatic N) is 2. The summed E-state index contributed by atoms with van der Waals surface area (Å²) in [5, 5.41) is 3.24. The summed E-state index contributed by atoms with van der Waals surface area (Å²) in [5.41, 5.74) is 3.98. The molecule has 0 aliphatic rings. The molecule has 1 aromatic heterocycles. The van der Waals surface area contributed by atoms with Crippen LogP contribution in [0.4, 0.5) is 10.2 Å². The summed E-state index contributed by atoms with van der Waals surface area (Å²) in [4.78, 5) is 9.06. The third-order valence-corrected chi connectivity index (χ3v) is 3.52. The Hall–Kier alpha value is -1.97. The SMILES string of the molecule is CCNc1nc(CC)nc(-c2c(C)cc(C)cc2F)c1C. The summed E-state index contributed by atoms with van der Waals surface area (Å²) in [6.45, 7) is 10.5. The first-order valence-electron chi connectivity index (χ1n) is 7.36. The fraction of sp³-hybridized carbons (Fsp3) is 0.412. The molecule has 0 aliphatic carbocycles. The number of aromatic nitrogens is 2. The van der Waals surface area contributed by atoms with Crippen molar-refractivity contribution in [2.45, 2.75) is 41.0 Å². The first-order valence-corrected chi connectivity index (χ1v) is 7.36. The van der Waals surface area contributed by atoms with Crippen LogP contribution in [0.3, 0.4) is 0 Å². The van der Waals surface area contributed by atoms with Crippen molar-refractivity contribution in [3.63, 3.8) is 0 Å². The maximum atomic E-state index is 14.4. The minimum atomic E-state index is -0.223. The molecule has 0 fully saturated rings. The summed E-state index contributed by atoms with van der Waals surface area (Å²) in [6.07, 6.45) is 0.720. The fourth-order valence-electron chi connectivity index (χ4n) is 2.52. The van der Waals surface area contributed by atoms with Gasteiger partial charge in [0.25, 0.3) is 0 Å². The average molecular weight is 287 g/mol. The molecule has 112 valence electrons. The van der Waals surface area contributed by atoms with E-state index in [4.69, 9.17) is 0 Å². The van der Waals surface area contributed by atoms with E-state index in [1.54, 1.807) is 6.07 Å². The van der Waals surface area contributed by atoms with Gasteiger partial charge in [-0.3, -0.25) is 0 Å². The van der Waals surface area contributed by atoms with E-state index < -0.39 is 0 Å². The smallest absolute Gasteiger partial charge is 0.133 e. The van der Waals surface area contributed by atoms with Crippen molar-refractivity contribution < 1.29 is 4.39 Å². The van der Waals surface area contributed by atoms with E-state index in [2.05, 4.69) is 15.3 Å². The second-order valence-electron chi connectivity index (χ2n) is 5.28. The van der Waals surface area contributed by atoms with Crippen molar-refractivity contribution >= 4 is 5.82 Å². The quantitative estimate of drug-likeness (QED) is 0.915. The Balaban J connectivity index is 2.71. The normalized spacial score (nSPS) is 10.8. The van der Waals surface area contributed by atoms with Crippen LogP contribution in [0.15, 0.2) is 12.1 Å². The predicted molar refractivity (Wildman–Crippen MR) is 85.2 cm³/mol. The molecule has 0 bridgehead atoms. The fourth-order valence-corrected chi connectivity index (χ4v) is 2.52. The van der Waals surface area contributed by atoms with Gasteiger partial charge in [0.15, 0.2) is 0 Å². The number of aryl methyl sites for hydroxylation is 3. The van der Waals surface area contributed by atoms with Crippen molar-refractivity contribution in [3.05, 3.63) is 40.5 Å². The van der Waals surface area contributed by atoms with E-state index in [1.165, 1.54) is 0 Å². The van der Waals surface area contributed by atoms with Crippen LogP contribution in [0.2, 0.25) is 0 Å². The van der Waals surface area contributed by atoms with Crippen LogP contribution < -0.4 is 5.32 Å². The third kappa shape index (κ3) is 3.04. The summed E-state index contributed by atoms with van der Waals surface area (Å²) in [6, 6.07) is 3.54. The van der Waals surface area contributed by atoms with Crippen molar-refractivity contribution in [2.75, 3.05) is 11.9 Å². The lowest BCUT2D eigenvalue weighted by molar-refractivity contribution is 0.628. The van der Waals surface area contributed by atoms with Crippen molar-refractivity contribution in [1.82, 2.24) is 9.97 Å². The lowest BCUT2D eigenvalue weighted by Gasteiger charge is -2.15. The van der Waals surface area contributed by atoms with Crippen LogP contribution in [0, 0.1) is 26.6 Å². The van der Waals surface area contributed by atoms with Crippen molar-refractivity contribution in [1.29, 1.82) is 0 Å². The number of hydrogen-bond donors (Lipinski definition) is 1. The summed E-state index contributed by atoms with van der Waals surface area (Å²) in [5.74, 6) is 1.29. The number of benzene rings is 1. The van der Waals surface area contributed by atoms with Gasteiger partial charge in [0.1, 0.15) is 17.5 Å². The minimum absolute atomic E-state index is 0.223. The zero-order chi connectivity index (χ0) is 15.6. The number of nitrogens with one attached hydrogen (secondary N) is 1. The van der Waals surface area contributed by atoms with E-state index in [9.17, 15) is 4.39 Å². The molecular weight excluding hydrogens is 265 g/mol. The zero-order valence-corrected chi connectivity index (χ0v) is 13.3. The van der Waals surface area contributed by atoms with Gasteiger partial charge in [-0.1, -0.05) is 13.0 Å². The second kappa shape index (κ2) is 6.20. The Labute approximate surface area is 125 Å². The predicted octanol–water partition coefficient (Wildman–Crippen LogP) is 4.20. The van der Waals surface area contributed by atoms with Crippen LogP contribution in [-0.2, 0) is 6.42 Å². The van der Waals surface area contributed by atoms with E-state index in [-0.39, 0.29) is 5.82 Å². The number of hydrogen-bond acceptors (Lipinski definition) is 3. The second-order valence-corrected chi connectivity index (χ2v) is 5.28. The molecule has 3 nitrogen and oxygen atoms in total. The Morgan fingerprint density at radius 1 is 1.10 bits per heavy atom. The van der Waals surface area contributed by atoms with Crippen LogP contribution in [0.1, 0.15) is 36.4 Å². The maximum Gasteiger partial charge on any atom is 0.133 e. The molecule has 2 aromatic rings. The molecule has 4 heteroatoms. The summed E-state index contributed by atoms with van der Waals surface area (Å²) >= 11 is 0. The monoisotopic (exact) mass is 287 g/mol. The Morgan fingerprint density at radius 3 is 2.38 bits per heavy atom. The van der Waals surface area contributed by atoms with Gasteiger partial charge in [-0.25, -0.2) is 14.4 Å². The van der Waals surface area contributed by atoms with E-state index in [0.717, 1.165) is 41.3 Å². The Morgan fingerprint density at radius 2 is 1.81 bits per heavy atom. The molecule has 0 atom stereocenters. The minimum Gasteiger partial charge on any atom is -0.370 e. The molecule has 1 N–H and O–H groups in total. The zero-order valence-electron chi connectivity index (χ0n) is 13.3. The van der Waals surface area contributed by atoms with Crippen molar-refractivity contribution in [3.8, 4) is 11.3 Å². The summed E-state index contributed by atoms with van der Waals surface area (Å²) < 4.78 is 14.4. The van der Waals surface area contributed by atoms with Crippen LogP contribution >= 0.6 is 0 Å². The van der Waals surface area contributed by atoms with Gasteiger partial charge >= 0.3 is 0 Å². The standard InChI is InChI=1S/C17H22FN3/c1-6-14-20-16(12(5)17(21-14)19-7-2)15-11(4)8-10(3)9-13(15)18/h8-9H,6-7H2,1-5H3,(H,19,20,21). The first-order chi connectivity index (χ1) is 9.97. The highest BCUT2D eigenvalue weighted by molar-refractivity contribution is 5.71. The van der Waals surface area contributed by atoms with Crippen LogP contribution in [0.5, 0.6) is 0 Å². The average Bonchev–Trinajstić information content (AvgIpc) is 2.41. The highest BCUT2D eigenvalue weighted by atomic mass is 19.1. The molecule has 0 saturated carbocycles. The summed E-state index contributed by atoms with van der Waals surface area (Å²) in [7, 11) is 0. The third-order valence-electron chi connectivity index (χ3n) is 3.52. The molecular formula is C17H22FN3. The highest BCUT2D eigenvalue weighted by Gasteiger charge is 2.17. The van der Waals surface area contributed by atoms with Crippen molar-refractivity contribution in [2.24, 2.45) is 0 Å². The molecule has 0 aliphatic heterocycles. The Bertz CT molecular complexity index is 642. The number of rotatable bonds is 4. The molecule has 1 aromatic carbocycles. The lowest BCUT2D eigenvalue weighted by Crippen LogP contribution is -2.08.